The van der Waals surface area contributed by atoms with Crippen molar-refractivity contribution in [2.75, 3.05) is 6.26 Å². The molecule has 1 nitrogen and oxygen atoms in total. The first kappa shape index (κ1) is 10.6. The monoisotopic (exact) mass is 165 g/mol. The average Bonchev–Trinajstić information content (AvgIpc) is 1.88. The minimum Gasteiger partial charge on any atom is -0.259 e. The molecule has 0 amide bonds. The highest BCUT2D eigenvalue weighted by molar-refractivity contribution is 7.79. The fraction of sp³-hybridized carbons (Fsp3) is 0.375. The van der Waals surface area contributed by atoms with E-state index in [9.17, 15) is 0 Å². The Bertz CT molecular complexity index is 175. The van der Waals surface area contributed by atoms with Gasteiger partial charge < -0.3 is 0 Å². The molecule has 0 atom stereocenters. The third kappa shape index (κ3) is 4.09. The van der Waals surface area contributed by atoms with Crippen molar-refractivity contribution >= 4 is 25.9 Å². The molecule has 0 bridgehead atoms. The van der Waals surface area contributed by atoms with Gasteiger partial charge in [0.2, 0.25) is 0 Å². The number of pyridine rings is 1. The summed E-state index contributed by atoms with van der Waals surface area (Å²) in [6.45, 7) is 3.87. The van der Waals surface area contributed by atoms with Crippen LogP contribution >= 0.6 is 12.6 Å². The van der Waals surface area contributed by atoms with Gasteiger partial charge in [-0.05, 0) is 32.2 Å². The number of hydrogen-bond acceptors (Lipinski definition) is 2. The van der Waals surface area contributed by atoms with Crippen LogP contribution in [0, 0.1) is 13.8 Å². The smallest absolute Gasteiger partial charge is 0.113 e. The lowest BCUT2D eigenvalue weighted by Crippen LogP contribution is -2.04. The highest BCUT2D eigenvalue weighted by atomic mass is 32.1. The number of hydrogen-bond donors (Lipinski definition) is 1. The van der Waals surface area contributed by atoms with E-state index >= 15 is 0 Å². The number of rotatable bonds is 0. The molecule has 0 N–H and O–H groups in total. The Morgan fingerprint density at radius 1 is 1.18 bits per heavy atom. The van der Waals surface area contributed by atoms with Gasteiger partial charge in [0, 0.05) is 11.4 Å². The molecule has 0 fully saturated rings. The van der Waals surface area contributed by atoms with E-state index in [1.807, 2.05) is 26.0 Å². The Morgan fingerprint density at radius 3 is 1.82 bits per heavy atom. The molecule has 0 saturated carbocycles. The highest BCUT2D eigenvalue weighted by Crippen LogP contribution is 1.91. The second-order valence-electron chi connectivity index (χ2n) is 2.18. The lowest BCUT2D eigenvalue weighted by atomic mass is 9.96. The lowest BCUT2D eigenvalue weighted by molar-refractivity contribution is 1.13. The van der Waals surface area contributed by atoms with E-state index in [1.54, 1.807) is 6.26 Å². The quantitative estimate of drug-likeness (QED) is 0.447. The van der Waals surface area contributed by atoms with Crippen LogP contribution in [0.2, 0.25) is 0 Å². The fourth-order valence-electron chi connectivity index (χ4n) is 0.867. The van der Waals surface area contributed by atoms with Crippen LogP contribution in [0.1, 0.15) is 11.4 Å². The van der Waals surface area contributed by atoms with Gasteiger partial charge in [-0.25, -0.2) is 0 Å². The molecule has 58 valence electrons. The predicted octanol–water partition coefficient (Wildman–Crippen LogP) is 1.04. The molecule has 0 aromatic carbocycles. The summed E-state index contributed by atoms with van der Waals surface area (Å²) in [6, 6.07) is 3.71. The molecule has 2 radical (unpaired) electrons. The van der Waals surface area contributed by atoms with Crippen molar-refractivity contribution in [2.45, 2.75) is 13.8 Å². The van der Waals surface area contributed by atoms with Crippen LogP contribution in [0.3, 0.4) is 0 Å². The second-order valence-corrected chi connectivity index (χ2v) is 2.18. The van der Waals surface area contributed by atoms with E-state index in [0.717, 1.165) is 16.9 Å². The van der Waals surface area contributed by atoms with Gasteiger partial charge in [0.15, 0.2) is 0 Å². The van der Waals surface area contributed by atoms with Crippen molar-refractivity contribution in [2.24, 2.45) is 0 Å². The third-order valence-corrected chi connectivity index (χ3v) is 1.10. The third-order valence-electron chi connectivity index (χ3n) is 1.10. The molecule has 1 aromatic heterocycles. The number of thiol groups is 1. The minimum atomic E-state index is 0.792. The maximum Gasteiger partial charge on any atom is 0.113 e. The Balaban J connectivity index is 0.000000461. The molecule has 0 unspecified atom stereocenters. The molecule has 1 aromatic rings. The summed E-state index contributed by atoms with van der Waals surface area (Å²) in [5.74, 6) is 0. The second kappa shape index (κ2) is 5.25. The van der Waals surface area contributed by atoms with Crippen molar-refractivity contribution in [1.82, 2.24) is 4.98 Å². The maximum absolute atomic E-state index is 5.52. The highest BCUT2D eigenvalue weighted by Gasteiger charge is 1.88. The van der Waals surface area contributed by atoms with Crippen LogP contribution in [0.5, 0.6) is 0 Å². The molecule has 0 aliphatic rings. The standard InChI is InChI=1S/C7H8BN.CH4S/c1-5-3-7(8)4-6(2)9-5;1-2/h3-4H,1-2H3;2H,1H3. The summed E-state index contributed by atoms with van der Waals surface area (Å²) in [7, 11) is 5.52. The first-order valence-corrected chi connectivity index (χ1v) is 4.23. The summed E-state index contributed by atoms with van der Waals surface area (Å²) in [5.41, 5.74) is 2.75. The topological polar surface area (TPSA) is 12.9 Å². The van der Waals surface area contributed by atoms with Crippen LogP contribution in [0.25, 0.3) is 0 Å². The largest absolute Gasteiger partial charge is 0.259 e. The number of aryl methyl sites for hydroxylation is 2. The zero-order valence-electron chi connectivity index (χ0n) is 7.13. The maximum atomic E-state index is 5.52. The lowest BCUT2D eigenvalue weighted by Gasteiger charge is -1.96. The molecule has 11 heavy (non-hydrogen) atoms. The van der Waals surface area contributed by atoms with E-state index in [4.69, 9.17) is 7.85 Å². The Kier molecular flexibility index (Phi) is 5.04. The number of aromatic nitrogens is 1. The molecule has 3 heteroatoms. The van der Waals surface area contributed by atoms with Gasteiger partial charge in [-0.1, -0.05) is 5.46 Å². The molecular formula is C8H12BNS. The van der Waals surface area contributed by atoms with Gasteiger partial charge in [0.05, 0.1) is 0 Å². The summed E-state index contributed by atoms with van der Waals surface area (Å²) >= 11 is 3.53. The molecule has 0 aliphatic carbocycles. The van der Waals surface area contributed by atoms with Gasteiger partial charge in [-0.2, -0.15) is 12.6 Å². The summed E-state index contributed by atoms with van der Waals surface area (Å²) in [6.07, 6.45) is 1.69. The predicted molar refractivity (Wildman–Crippen MR) is 54.0 cm³/mol. The molecular weight excluding hydrogens is 153 g/mol. The van der Waals surface area contributed by atoms with E-state index in [2.05, 4.69) is 17.6 Å². The minimum absolute atomic E-state index is 0.792. The van der Waals surface area contributed by atoms with Crippen LogP contribution in [0.15, 0.2) is 12.1 Å². The van der Waals surface area contributed by atoms with Crippen molar-refractivity contribution in [3.63, 3.8) is 0 Å². The molecule has 0 saturated heterocycles. The normalized spacial score (nSPS) is 8.36. The Labute approximate surface area is 75.1 Å². The number of nitrogens with zero attached hydrogens (tertiary/aromatic N) is 1. The summed E-state index contributed by atoms with van der Waals surface area (Å²) in [4.78, 5) is 4.15. The van der Waals surface area contributed by atoms with E-state index in [-0.39, 0.29) is 0 Å². The zero-order valence-corrected chi connectivity index (χ0v) is 8.02. The molecule has 1 heterocycles. The molecule has 0 aliphatic heterocycles. The van der Waals surface area contributed by atoms with Crippen LogP contribution < -0.4 is 5.46 Å². The van der Waals surface area contributed by atoms with E-state index in [0.29, 0.717) is 0 Å². The fourth-order valence-corrected chi connectivity index (χ4v) is 0.867. The van der Waals surface area contributed by atoms with Crippen molar-refractivity contribution < 1.29 is 0 Å². The van der Waals surface area contributed by atoms with Crippen LogP contribution in [-0.4, -0.2) is 19.1 Å². The SMILES string of the molecule is CS.[B]c1cc(C)nc(C)c1. The Morgan fingerprint density at radius 2 is 1.55 bits per heavy atom. The first-order valence-electron chi connectivity index (χ1n) is 3.34. The van der Waals surface area contributed by atoms with Gasteiger partial charge in [0.1, 0.15) is 7.85 Å². The van der Waals surface area contributed by atoms with Crippen LogP contribution in [-0.2, 0) is 0 Å². The van der Waals surface area contributed by atoms with Crippen molar-refractivity contribution in [1.29, 1.82) is 0 Å². The van der Waals surface area contributed by atoms with E-state index < -0.39 is 0 Å². The van der Waals surface area contributed by atoms with Gasteiger partial charge in [-0.3, -0.25) is 4.98 Å². The van der Waals surface area contributed by atoms with Crippen molar-refractivity contribution in [3.05, 3.63) is 23.5 Å². The average molecular weight is 165 g/mol. The van der Waals surface area contributed by atoms with E-state index in [1.165, 1.54) is 0 Å². The molecule has 1 rings (SSSR count). The van der Waals surface area contributed by atoms with Gasteiger partial charge >= 0.3 is 0 Å². The zero-order chi connectivity index (χ0) is 8.85. The van der Waals surface area contributed by atoms with Gasteiger partial charge in [-0.15, -0.1) is 0 Å². The summed E-state index contributed by atoms with van der Waals surface area (Å²) in [5, 5.41) is 0. The molecule has 0 spiro atoms. The van der Waals surface area contributed by atoms with Gasteiger partial charge in [0.25, 0.3) is 0 Å². The Hall–Kier alpha value is -0.435. The van der Waals surface area contributed by atoms with Crippen molar-refractivity contribution in [3.8, 4) is 0 Å². The summed E-state index contributed by atoms with van der Waals surface area (Å²) < 4.78 is 0. The van der Waals surface area contributed by atoms with Crippen LogP contribution in [0.4, 0.5) is 0 Å². The first-order chi connectivity index (χ1) is 5.18.